The van der Waals surface area contributed by atoms with E-state index in [9.17, 15) is 9.90 Å². The Morgan fingerprint density at radius 1 is 1.24 bits per heavy atom. The Balaban J connectivity index is 2.09. The molecule has 0 spiro atoms. The summed E-state index contributed by atoms with van der Waals surface area (Å²) in [5.41, 5.74) is 9.43. The van der Waals surface area contributed by atoms with E-state index in [-0.39, 0.29) is 11.7 Å². The van der Waals surface area contributed by atoms with Crippen LogP contribution in [0.4, 0.5) is 5.69 Å². The second-order valence-corrected chi connectivity index (χ2v) is 5.92. The SMILES string of the molecule is Nc1ccc(C(=O)NN=Cc2cc(Br)cc(Br)c2O)cc1. The molecule has 0 aliphatic rings. The highest BCUT2D eigenvalue weighted by Gasteiger charge is 2.06. The minimum absolute atomic E-state index is 0.0451. The van der Waals surface area contributed by atoms with Crippen LogP contribution >= 0.6 is 31.9 Å². The van der Waals surface area contributed by atoms with Gasteiger partial charge in [0.15, 0.2) is 0 Å². The molecule has 2 aromatic carbocycles. The summed E-state index contributed by atoms with van der Waals surface area (Å²) in [7, 11) is 0. The lowest BCUT2D eigenvalue weighted by atomic mass is 10.2. The molecule has 1 amide bonds. The highest BCUT2D eigenvalue weighted by atomic mass is 79.9. The van der Waals surface area contributed by atoms with E-state index in [1.54, 1.807) is 36.4 Å². The van der Waals surface area contributed by atoms with Crippen LogP contribution in [0, 0.1) is 0 Å². The van der Waals surface area contributed by atoms with Crippen LogP contribution in [-0.4, -0.2) is 17.2 Å². The largest absolute Gasteiger partial charge is 0.506 e. The fourth-order valence-electron chi connectivity index (χ4n) is 1.54. The Hall–Kier alpha value is -1.86. The zero-order valence-corrected chi connectivity index (χ0v) is 13.8. The van der Waals surface area contributed by atoms with Crippen LogP contribution in [0.25, 0.3) is 0 Å². The molecule has 0 atom stereocenters. The Kier molecular flexibility index (Phi) is 4.98. The highest BCUT2D eigenvalue weighted by Crippen LogP contribution is 2.30. The van der Waals surface area contributed by atoms with Crippen LogP contribution in [0.2, 0.25) is 0 Å². The van der Waals surface area contributed by atoms with Crippen molar-refractivity contribution in [2.24, 2.45) is 5.10 Å². The quantitative estimate of drug-likeness (QED) is 0.410. The number of carbonyl (C=O) groups is 1. The molecule has 0 aromatic heterocycles. The summed E-state index contributed by atoms with van der Waals surface area (Å²) in [5, 5.41) is 13.7. The number of hydrogen-bond acceptors (Lipinski definition) is 4. The number of halogens is 2. The molecule has 0 unspecified atom stereocenters. The van der Waals surface area contributed by atoms with E-state index in [1.165, 1.54) is 6.21 Å². The third-order valence-corrected chi connectivity index (χ3v) is 3.66. The van der Waals surface area contributed by atoms with Crippen molar-refractivity contribution in [3.05, 3.63) is 56.5 Å². The average Bonchev–Trinajstić information content (AvgIpc) is 2.44. The lowest BCUT2D eigenvalue weighted by Crippen LogP contribution is -2.17. The summed E-state index contributed by atoms with van der Waals surface area (Å²) < 4.78 is 1.31. The average molecular weight is 413 g/mol. The van der Waals surface area contributed by atoms with E-state index in [0.717, 1.165) is 4.47 Å². The molecule has 0 bridgehead atoms. The Morgan fingerprint density at radius 3 is 2.57 bits per heavy atom. The van der Waals surface area contributed by atoms with Crippen LogP contribution in [0.15, 0.2) is 50.4 Å². The number of hydrogen-bond donors (Lipinski definition) is 3. The fraction of sp³-hybridized carbons (Fsp3) is 0. The number of aromatic hydroxyl groups is 1. The van der Waals surface area contributed by atoms with Crippen molar-refractivity contribution in [3.8, 4) is 5.75 Å². The number of rotatable bonds is 3. The zero-order valence-electron chi connectivity index (χ0n) is 10.7. The number of nitrogens with zero attached hydrogens (tertiary/aromatic N) is 1. The van der Waals surface area contributed by atoms with Crippen molar-refractivity contribution in [2.45, 2.75) is 0 Å². The first-order chi connectivity index (χ1) is 9.97. The molecule has 2 rings (SSSR count). The summed E-state index contributed by atoms with van der Waals surface area (Å²) in [5.74, 6) is -0.316. The van der Waals surface area contributed by atoms with Crippen molar-refractivity contribution in [1.29, 1.82) is 0 Å². The molecule has 21 heavy (non-hydrogen) atoms. The number of benzene rings is 2. The normalized spacial score (nSPS) is 10.8. The minimum atomic E-state index is -0.361. The molecular formula is C14H11Br2N3O2. The third-order valence-electron chi connectivity index (χ3n) is 2.60. The maximum atomic E-state index is 11.8. The van der Waals surface area contributed by atoms with Crippen LogP contribution in [0.5, 0.6) is 5.75 Å². The van der Waals surface area contributed by atoms with Gasteiger partial charge in [0.05, 0.1) is 10.7 Å². The van der Waals surface area contributed by atoms with Gasteiger partial charge in [-0.15, -0.1) is 0 Å². The molecule has 0 saturated carbocycles. The standard InChI is InChI=1S/C14H11Br2N3O2/c15-10-5-9(13(20)12(16)6-10)7-18-19-14(21)8-1-3-11(17)4-2-8/h1-7,20H,17H2,(H,19,21). The van der Waals surface area contributed by atoms with Crippen molar-refractivity contribution < 1.29 is 9.90 Å². The number of nitrogens with one attached hydrogen (secondary N) is 1. The van der Waals surface area contributed by atoms with Gasteiger partial charge in [0.2, 0.25) is 0 Å². The van der Waals surface area contributed by atoms with Crippen LogP contribution < -0.4 is 11.2 Å². The van der Waals surface area contributed by atoms with Crippen molar-refractivity contribution in [2.75, 3.05) is 5.73 Å². The lowest BCUT2D eigenvalue weighted by molar-refractivity contribution is 0.0955. The Bertz CT molecular complexity index is 700. The predicted octanol–water partition coefficient (Wildman–Crippen LogP) is 3.26. The number of phenols is 1. The van der Waals surface area contributed by atoms with Gasteiger partial charge in [-0.2, -0.15) is 5.10 Å². The Labute approximate surface area is 138 Å². The number of phenolic OH excluding ortho intramolecular Hbond substituents is 1. The van der Waals surface area contributed by atoms with Gasteiger partial charge in [0.25, 0.3) is 5.91 Å². The first-order valence-electron chi connectivity index (χ1n) is 5.84. The minimum Gasteiger partial charge on any atom is -0.506 e. The predicted molar refractivity (Wildman–Crippen MR) is 89.4 cm³/mol. The first kappa shape index (κ1) is 15.5. The molecule has 4 N–H and O–H groups in total. The van der Waals surface area contributed by atoms with Gasteiger partial charge < -0.3 is 10.8 Å². The number of nitrogen functional groups attached to an aromatic ring is 1. The van der Waals surface area contributed by atoms with E-state index in [1.807, 2.05) is 0 Å². The molecule has 0 saturated heterocycles. The lowest BCUT2D eigenvalue weighted by Gasteiger charge is -2.03. The topological polar surface area (TPSA) is 87.7 Å². The summed E-state index contributed by atoms with van der Waals surface area (Å²) in [6.45, 7) is 0. The molecule has 0 heterocycles. The number of nitrogens with two attached hydrogens (primary N) is 1. The van der Waals surface area contributed by atoms with E-state index in [4.69, 9.17) is 5.73 Å². The molecule has 7 heteroatoms. The van der Waals surface area contributed by atoms with Crippen LogP contribution in [-0.2, 0) is 0 Å². The highest BCUT2D eigenvalue weighted by molar-refractivity contribution is 9.11. The summed E-state index contributed by atoms with van der Waals surface area (Å²) in [6.07, 6.45) is 1.36. The van der Waals surface area contributed by atoms with Gasteiger partial charge in [-0.25, -0.2) is 5.43 Å². The fourth-order valence-corrected chi connectivity index (χ4v) is 2.80. The summed E-state index contributed by atoms with van der Waals surface area (Å²) >= 11 is 6.53. The Morgan fingerprint density at radius 2 is 1.90 bits per heavy atom. The van der Waals surface area contributed by atoms with E-state index < -0.39 is 0 Å². The van der Waals surface area contributed by atoms with Gasteiger partial charge in [-0.3, -0.25) is 4.79 Å². The maximum absolute atomic E-state index is 11.8. The molecule has 5 nitrogen and oxygen atoms in total. The van der Waals surface area contributed by atoms with Crippen molar-refractivity contribution in [3.63, 3.8) is 0 Å². The summed E-state index contributed by atoms with van der Waals surface area (Å²) in [6, 6.07) is 9.87. The molecular weight excluding hydrogens is 402 g/mol. The molecule has 0 radical (unpaired) electrons. The third kappa shape index (κ3) is 4.05. The second kappa shape index (κ2) is 6.73. The van der Waals surface area contributed by atoms with Gasteiger partial charge >= 0.3 is 0 Å². The number of anilines is 1. The molecule has 2 aromatic rings. The monoisotopic (exact) mass is 411 g/mol. The number of hydrazone groups is 1. The molecule has 0 aliphatic heterocycles. The number of amides is 1. The van der Waals surface area contributed by atoms with E-state index >= 15 is 0 Å². The second-order valence-electron chi connectivity index (χ2n) is 4.15. The number of carbonyl (C=O) groups excluding carboxylic acids is 1. The smallest absolute Gasteiger partial charge is 0.271 e. The molecule has 108 valence electrons. The van der Waals surface area contributed by atoms with Gasteiger partial charge in [-0.05, 0) is 52.3 Å². The van der Waals surface area contributed by atoms with Gasteiger partial charge in [-0.1, -0.05) is 15.9 Å². The van der Waals surface area contributed by atoms with Crippen molar-refractivity contribution in [1.82, 2.24) is 5.43 Å². The van der Waals surface area contributed by atoms with Crippen LogP contribution in [0.1, 0.15) is 15.9 Å². The van der Waals surface area contributed by atoms with E-state index in [0.29, 0.717) is 21.3 Å². The molecule has 0 aliphatic carbocycles. The van der Waals surface area contributed by atoms with Crippen LogP contribution in [0.3, 0.4) is 0 Å². The maximum Gasteiger partial charge on any atom is 0.271 e. The van der Waals surface area contributed by atoms with E-state index in [2.05, 4.69) is 42.4 Å². The van der Waals surface area contributed by atoms with Gasteiger partial charge in [0, 0.05) is 21.3 Å². The molecule has 0 fully saturated rings. The zero-order chi connectivity index (χ0) is 15.4. The van der Waals surface area contributed by atoms with Crippen molar-refractivity contribution >= 4 is 49.7 Å². The first-order valence-corrected chi connectivity index (χ1v) is 7.43. The van der Waals surface area contributed by atoms with Gasteiger partial charge in [0.1, 0.15) is 5.75 Å². The summed E-state index contributed by atoms with van der Waals surface area (Å²) in [4.78, 5) is 11.8.